The summed E-state index contributed by atoms with van der Waals surface area (Å²) in [5.74, 6) is 1.14. The van der Waals surface area contributed by atoms with E-state index >= 15 is 0 Å². The van der Waals surface area contributed by atoms with E-state index in [0.717, 1.165) is 42.6 Å². The molecule has 21 heavy (non-hydrogen) atoms. The zero-order chi connectivity index (χ0) is 15.2. The number of carbonyl (C=O) groups excluding carboxylic acids is 1. The van der Waals surface area contributed by atoms with E-state index in [-0.39, 0.29) is 18.6 Å². The van der Waals surface area contributed by atoms with Crippen molar-refractivity contribution in [2.45, 2.75) is 45.6 Å². The van der Waals surface area contributed by atoms with Crippen molar-refractivity contribution in [1.82, 2.24) is 5.32 Å². The summed E-state index contributed by atoms with van der Waals surface area (Å²) in [4.78, 5) is 11.8. The van der Waals surface area contributed by atoms with E-state index in [2.05, 4.69) is 11.4 Å². The first-order valence-electron chi connectivity index (χ1n) is 7.69. The molecule has 1 aliphatic rings. The summed E-state index contributed by atoms with van der Waals surface area (Å²) in [7, 11) is 0. The Bertz CT molecular complexity index is 459. The zero-order valence-corrected chi connectivity index (χ0v) is 12.9. The zero-order valence-electron chi connectivity index (χ0n) is 12.9. The highest BCUT2D eigenvalue weighted by molar-refractivity contribution is 5.77. The van der Waals surface area contributed by atoms with Gasteiger partial charge in [0.05, 0.1) is 6.10 Å². The molecule has 0 unspecified atom stereocenters. The van der Waals surface area contributed by atoms with Crippen LogP contribution in [-0.2, 0) is 4.79 Å². The van der Waals surface area contributed by atoms with Crippen LogP contribution < -0.4 is 10.1 Å². The minimum absolute atomic E-state index is 0.0538. The van der Waals surface area contributed by atoms with Crippen molar-refractivity contribution in [3.8, 4) is 5.75 Å². The predicted molar refractivity (Wildman–Crippen MR) is 82.4 cm³/mol. The van der Waals surface area contributed by atoms with E-state index in [0.29, 0.717) is 12.5 Å². The van der Waals surface area contributed by atoms with Gasteiger partial charge in [-0.15, -0.1) is 0 Å². The Morgan fingerprint density at radius 1 is 1.19 bits per heavy atom. The summed E-state index contributed by atoms with van der Waals surface area (Å²) >= 11 is 0. The van der Waals surface area contributed by atoms with Gasteiger partial charge < -0.3 is 15.2 Å². The van der Waals surface area contributed by atoms with Gasteiger partial charge >= 0.3 is 0 Å². The summed E-state index contributed by atoms with van der Waals surface area (Å²) < 4.78 is 5.53. The number of benzene rings is 1. The number of ether oxygens (including phenoxy) is 1. The van der Waals surface area contributed by atoms with Gasteiger partial charge in [-0.2, -0.15) is 0 Å². The molecule has 2 rings (SSSR count). The highest BCUT2D eigenvalue weighted by Crippen LogP contribution is 2.23. The molecule has 0 aromatic heterocycles. The van der Waals surface area contributed by atoms with Crippen LogP contribution in [0, 0.1) is 19.8 Å². The minimum Gasteiger partial charge on any atom is -0.484 e. The Morgan fingerprint density at radius 2 is 1.81 bits per heavy atom. The van der Waals surface area contributed by atoms with Crippen molar-refractivity contribution in [3.05, 3.63) is 29.3 Å². The summed E-state index contributed by atoms with van der Waals surface area (Å²) in [5, 5.41) is 12.4. The highest BCUT2D eigenvalue weighted by Gasteiger charge is 2.19. The van der Waals surface area contributed by atoms with Crippen LogP contribution in [0.4, 0.5) is 0 Å². The van der Waals surface area contributed by atoms with Crippen LogP contribution in [-0.4, -0.2) is 30.3 Å². The molecule has 1 aromatic carbocycles. The summed E-state index contributed by atoms with van der Waals surface area (Å²) in [6.45, 7) is 4.76. The molecule has 0 aliphatic heterocycles. The van der Waals surface area contributed by atoms with Crippen LogP contribution in [0.2, 0.25) is 0 Å². The van der Waals surface area contributed by atoms with Crippen LogP contribution in [0.5, 0.6) is 5.75 Å². The van der Waals surface area contributed by atoms with Gasteiger partial charge in [0.15, 0.2) is 6.61 Å². The van der Waals surface area contributed by atoms with Gasteiger partial charge in [-0.1, -0.05) is 6.07 Å². The lowest BCUT2D eigenvalue weighted by atomic mass is 9.87. The molecule has 2 N–H and O–H groups in total. The third-order valence-corrected chi connectivity index (χ3v) is 3.97. The van der Waals surface area contributed by atoms with E-state index in [1.165, 1.54) is 0 Å². The van der Waals surface area contributed by atoms with E-state index in [4.69, 9.17) is 4.74 Å². The molecule has 0 saturated heterocycles. The topological polar surface area (TPSA) is 58.6 Å². The molecule has 1 aliphatic carbocycles. The maximum atomic E-state index is 11.8. The van der Waals surface area contributed by atoms with Crippen molar-refractivity contribution in [2.75, 3.05) is 13.2 Å². The lowest BCUT2D eigenvalue weighted by Gasteiger charge is -2.25. The molecule has 0 atom stereocenters. The van der Waals surface area contributed by atoms with Crippen LogP contribution >= 0.6 is 0 Å². The van der Waals surface area contributed by atoms with E-state index in [9.17, 15) is 9.90 Å². The summed E-state index contributed by atoms with van der Waals surface area (Å²) in [6.07, 6.45) is 3.52. The van der Waals surface area contributed by atoms with E-state index in [1.54, 1.807) is 0 Å². The molecule has 0 bridgehead atoms. The second-order valence-corrected chi connectivity index (χ2v) is 6.09. The molecule has 1 amide bonds. The third-order valence-electron chi connectivity index (χ3n) is 3.97. The predicted octanol–water partition coefficient (Wildman–Crippen LogP) is 2.35. The number of carbonyl (C=O) groups is 1. The minimum atomic E-state index is -0.148. The molecule has 0 heterocycles. The van der Waals surface area contributed by atoms with Crippen molar-refractivity contribution in [2.24, 2.45) is 5.92 Å². The normalized spacial score (nSPS) is 21.9. The summed E-state index contributed by atoms with van der Waals surface area (Å²) in [6, 6.07) is 5.94. The van der Waals surface area contributed by atoms with Gasteiger partial charge in [-0.25, -0.2) is 0 Å². The van der Waals surface area contributed by atoms with Gasteiger partial charge in [0.25, 0.3) is 5.91 Å². The largest absolute Gasteiger partial charge is 0.484 e. The first kappa shape index (κ1) is 15.8. The standard InChI is InChI=1S/C17H25NO3/c1-12-7-13(2)9-16(8-12)21-11-17(20)18-10-14-3-5-15(19)6-4-14/h7-9,14-15,19H,3-6,10-11H2,1-2H3,(H,18,20). The molecular formula is C17H25NO3. The smallest absolute Gasteiger partial charge is 0.257 e. The summed E-state index contributed by atoms with van der Waals surface area (Å²) in [5.41, 5.74) is 2.26. The van der Waals surface area contributed by atoms with Gasteiger partial charge in [-0.3, -0.25) is 4.79 Å². The molecule has 1 saturated carbocycles. The number of aliphatic hydroxyl groups is 1. The second kappa shape index (κ2) is 7.46. The molecular weight excluding hydrogens is 266 g/mol. The number of amides is 1. The van der Waals surface area contributed by atoms with Gasteiger partial charge in [-0.05, 0) is 68.7 Å². The third kappa shape index (κ3) is 5.38. The molecule has 116 valence electrons. The fourth-order valence-electron chi connectivity index (χ4n) is 2.82. The van der Waals surface area contributed by atoms with Crippen molar-refractivity contribution >= 4 is 5.91 Å². The number of rotatable bonds is 5. The van der Waals surface area contributed by atoms with Gasteiger partial charge in [0.1, 0.15) is 5.75 Å². The van der Waals surface area contributed by atoms with Crippen molar-refractivity contribution in [3.63, 3.8) is 0 Å². The van der Waals surface area contributed by atoms with Crippen LogP contribution in [0.1, 0.15) is 36.8 Å². The van der Waals surface area contributed by atoms with Crippen molar-refractivity contribution < 1.29 is 14.6 Å². The number of aryl methyl sites for hydroxylation is 2. The number of aliphatic hydroxyl groups excluding tert-OH is 1. The first-order valence-corrected chi connectivity index (χ1v) is 7.69. The van der Waals surface area contributed by atoms with Crippen molar-refractivity contribution in [1.29, 1.82) is 0 Å². The van der Waals surface area contributed by atoms with Crippen LogP contribution in [0.25, 0.3) is 0 Å². The molecule has 1 aromatic rings. The number of hydrogen-bond acceptors (Lipinski definition) is 3. The average molecular weight is 291 g/mol. The lowest BCUT2D eigenvalue weighted by Crippen LogP contribution is -2.35. The highest BCUT2D eigenvalue weighted by atomic mass is 16.5. The van der Waals surface area contributed by atoms with Crippen LogP contribution in [0.3, 0.4) is 0 Å². The maximum absolute atomic E-state index is 11.8. The molecule has 0 radical (unpaired) electrons. The van der Waals surface area contributed by atoms with Crippen LogP contribution in [0.15, 0.2) is 18.2 Å². The Kier molecular flexibility index (Phi) is 5.62. The Hall–Kier alpha value is -1.55. The lowest BCUT2D eigenvalue weighted by molar-refractivity contribution is -0.123. The quantitative estimate of drug-likeness (QED) is 0.875. The first-order chi connectivity index (χ1) is 10.0. The molecule has 4 nitrogen and oxygen atoms in total. The number of hydrogen-bond donors (Lipinski definition) is 2. The number of nitrogens with one attached hydrogen (secondary N) is 1. The van der Waals surface area contributed by atoms with Gasteiger partial charge in [0, 0.05) is 6.54 Å². The molecule has 4 heteroatoms. The fourth-order valence-corrected chi connectivity index (χ4v) is 2.82. The maximum Gasteiger partial charge on any atom is 0.257 e. The Labute approximate surface area is 126 Å². The van der Waals surface area contributed by atoms with Gasteiger partial charge in [0.2, 0.25) is 0 Å². The average Bonchev–Trinajstić information content (AvgIpc) is 2.43. The van der Waals surface area contributed by atoms with E-state index in [1.807, 2.05) is 26.0 Å². The fraction of sp³-hybridized carbons (Fsp3) is 0.588. The Morgan fingerprint density at radius 3 is 2.43 bits per heavy atom. The molecule has 1 fully saturated rings. The monoisotopic (exact) mass is 291 g/mol. The SMILES string of the molecule is Cc1cc(C)cc(OCC(=O)NCC2CCC(O)CC2)c1. The Balaban J connectivity index is 1.70. The molecule has 0 spiro atoms. The van der Waals surface area contributed by atoms with E-state index < -0.39 is 0 Å². The second-order valence-electron chi connectivity index (χ2n) is 6.09.